The second-order valence-electron chi connectivity index (χ2n) is 9.15. The van der Waals surface area contributed by atoms with E-state index in [2.05, 4.69) is 6.58 Å². The first-order valence-electron chi connectivity index (χ1n) is 9.96. The monoisotopic (exact) mass is 371 g/mol. The van der Waals surface area contributed by atoms with E-state index in [1.165, 1.54) is 0 Å². The Hall–Kier alpha value is -1.88. The molecule has 4 aliphatic rings. The smallest absolute Gasteiger partial charge is 0.312 e. The van der Waals surface area contributed by atoms with Crippen LogP contribution in [-0.4, -0.2) is 33.6 Å². The van der Waals surface area contributed by atoms with Crippen LogP contribution in [-0.2, 0) is 16.1 Å². The zero-order valence-corrected chi connectivity index (χ0v) is 16.3. The first kappa shape index (κ1) is 18.5. The van der Waals surface area contributed by atoms with Gasteiger partial charge in [0, 0.05) is 23.5 Å². The number of aromatic nitrogens is 1. The third-order valence-corrected chi connectivity index (χ3v) is 6.98. The molecule has 1 aromatic rings. The summed E-state index contributed by atoms with van der Waals surface area (Å²) in [5.41, 5.74) is 1.18. The number of esters is 1. The molecule has 27 heavy (non-hydrogen) atoms. The summed E-state index contributed by atoms with van der Waals surface area (Å²) in [7, 11) is 0. The Kier molecular flexibility index (Phi) is 4.34. The van der Waals surface area contributed by atoms with Crippen LogP contribution >= 0.6 is 0 Å². The highest BCUT2D eigenvalue weighted by atomic mass is 16.5. The molecule has 0 aliphatic heterocycles. The van der Waals surface area contributed by atoms with Crippen molar-refractivity contribution < 1.29 is 19.4 Å². The Balaban J connectivity index is 1.45. The fraction of sp³-hybridized carbons (Fsp3) is 0.636. The average Bonchev–Trinajstić information content (AvgIpc) is 2.86. The molecule has 5 heteroatoms. The zero-order valence-electron chi connectivity index (χ0n) is 16.3. The highest BCUT2D eigenvalue weighted by Crippen LogP contribution is 2.61. The first-order valence-corrected chi connectivity index (χ1v) is 9.96. The van der Waals surface area contributed by atoms with Gasteiger partial charge in [-0.3, -0.25) is 9.59 Å². The van der Waals surface area contributed by atoms with E-state index in [1.807, 2.05) is 24.5 Å². The van der Waals surface area contributed by atoms with Crippen LogP contribution in [0.1, 0.15) is 60.3 Å². The number of nitrogens with zero attached hydrogens (tertiary/aromatic N) is 1. The van der Waals surface area contributed by atoms with Gasteiger partial charge in [0.05, 0.1) is 11.0 Å². The van der Waals surface area contributed by atoms with E-state index >= 15 is 0 Å². The standard InChI is InChI=1S/C22H29NO4/c1-4-5-23-14(2)6-18(15(23)3)19(24)12-27-20(25)21-8-16-7-17(9-21)11-22(26,10-16)13-21/h4,6,16-17,26H,1,5,7-13H2,2-3H3. The summed E-state index contributed by atoms with van der Waals surface area (Å²) in [5.74, 6) is 0.369. The molecule has 4 bridgehead atoms. The minimum atomic E-state index is -0.706. The summed E-state index contributed by atoms with van der Waals surface area (Å²) >= 11 is 0. The summed E-state index contributed by atoms with van der Waals surface area (Å²) in [6.07, 6.45) is 6.63. The number of rotatable bonds is 6. The summed E-state index contributed by atoms with van der Waals surface area (Å²) in [6.45, 7) is 8.03. The predicted molar refractivity (Wildman–Crippen MR) is 101 cm³/mol. The van der Waals surface area contributed by atoms with Gasteiger partial charge in [0.2, 0.25) is 5.78 Å². The molecule has 5 rings (SSSR count). The lowest BCUT2D eigenvalue weighted by molar-refractivity contribution is -0.195. The first-order chi connectivity index (χ1) is 12.8. The largest absolute Gasteiger partial charge is 0.457 e. The molecular weight excluding hydrogens is 342 g/mol. The molecule has 146 valence electrons. The highest BCUT2D eigenvalue weighted by Gasteiger charge is 2.60. The van der Waals surface area contributed by atoms with Crippen molar-refractivity contribution in [3.63, 3.8) is 0 Å². The van der Waals surface area contributed by atoms with Crippen molar-refractivity contribution in [2.45, 2.75) is 64.5 Å². The number of carbonyl (C=O) groups is 2. The van der Waals surface area contributed by atoms with Gasteiger partial charge in [-0.1, -0.05) is 6.08 Å². The van der Waals surface area contributed by atoms with Crippen LogP contribution in [0.3, 0.4) is 0 Å². The van der Waals surface area contributed by atoms with E-state index in [-0.39, 0.29) is 18.4 Å². The Morgan fingerprint density at radius 1 is 1.30 bits per heavy atom. The Morgan fingerprint density at radius 2 is 1.96 bits per heavy atom. The van der Waals surface area contributed by atoms with Crippen molar-refractivity contribution in [3.8, 4) is 0 Å². The van der Waals surface area contributed by atoms with Crippen LogP contribution < -0.4 is 0 Å². The molecular formula is C22H29NO4. The normalized spacial score (nSPS) is 33.9. The summed E-state index contributed by atoms with van der Waals surface area (Å²) in [6, 6.07) is 1.85. The van der Waals surface area contributed by atoms with Crippen molar-refractivity contribution in [3.05, 3.63) is 35.7 Å². The van der Waals surface area contributed by atoms with Crippen molar-refractivity contribution in [2.24, 2.45) is 17.3 Å². The van der Waals surface area contributed by atoms with Crippen molar-refractivity contribution >= 4 is 11.8 Å². The van der Waals surface area contributed by atoms with Crippen LogP contribution in [0.15, 0.2) is 18.7 Å². The van der Waals surface area contributed by atoms with Gasteiger partial charge >= 0.3 is 5.97 Å². The number of allylic oxidation sites excluding steroid dienone is 1. The third kappa shape index (κ3) is 3.06. The SMILES string of the molecule is C=CCn1c(C)cc(C(=O)COC(=O)C23CC4CC(CC(O)(C4)C2)C3)c1C. The number of hydrogen-bond donors (Lipinski definition) is 1. The fourth-order valence-electron chi connectivity index (χ4n) is 6.31. The van der Waals surface area contributed by atoms with Gasteiger partial charge in [0.25, 0.3) is 0 Å². The molecule has 1 heterocycles. The third-order valence-electron chi connectivity index (χ3n) is 6.98. The lowest BCUT2D eigenvalue weighted by Gasteiger charge is -2.58. The van der Waals surface area contributed by atoms with Crippen molar-refractivity contribution in [1.82, 2.24) is 4.57 Å². The minimum Gasteiger partial charge on any atom is -0.457 e. The molecule has 0 aromatic carbocycles. The molecule has 0 amide bonds. The minimum absolute atomic E-state index is 0.171. The van der Waals surface area contributed by atoms with Gasteiger partial charge in [-0.2, -0.15) is 0 Å². The molecule has 0 spiro atoms. The lowest BCUT2D eigenvalue weighted by atomic mass is 9.48. The molecule has 1 N–H and O–H groups in total. The number of hydrogen-bond acceptors (Lipinski definition) is 4. The maximum atomic E-state index is 12.9. The van der Waals surface area contributed by atoms with Crippen LogP contribution in [0.25, 0.3) is 0 Å². The van der Waals surface area contributed by atoms with E-state index in [9.17, 15) is 14.7 Å². The van der Waals surface area contributed by atoms with E-state index in [0.29, 0.717) is 30.4 Å². The summed E-state index contributed by atoms with van der Waals surface area (Å²) < 4.78 is 7.55. The van der Waals surface area contributed by atoms with E-state index in [0.717, 1.165) is 43.5 Å². The Labute approximate surface area is 160 Å². The number of carbonyl (C=O) groups excluding carboxylic acids is 2. The molecule has 2 unspecified atom stereocenters. The summed E-state index contributed by atoms with van der Waals surface area (Å²) in [4.78, 5) is 25.6. The van der Waals surface area contributed by atoms with Crippen LogP contribution in [0.5, 0.6) is 0 Å². The van der Waals surface area contributed by atoms with Crippen LogP contribution in [0.4, 0.5) is 0 Å². The van der Waals surface area contributed by atoms with E-state index < -0.39 is 11.0 Å². The van der Waals surface area contributed by atoms with Gasteiger partial charge < -0.3 is 14.4 Å². The van der Waals surface area contributed by atoms with E-state index in [4.69, 9.17) is 4.74 Å². The second kappa shape index (κ2) is 6.33. The van der Waals surface area contributed by atoms with Gasteiger partial charge in [-0.25, -0.2) is 0 Å². The highest BCUT2D eigenvalue weighted by molar-refractivity contribution is 5.99. The number of ketones is 1. The van der Waals surface area contributed by atoms with Gasteiger partial charge in [-0.05, 0) is 70.3 Å². The molecule has 4 fully saturated rings. The van der Waals surface area contributed by atoms with Crippen molar-refractivity contribution in [2.75, 3.05) is 6.61 Å². The molecule has 5 nitrogen and oxygen atoms in total. The maximum absolute atomic E-state index is 12.9. The topological polar surface area (TPSA) is 68.5 Å². The van der Waals surface area contributed by atoms with Gasteiger partial charge in [0.15, 0.2) is 6.61 Å². The molecule has 2 atom stereocenters. The fourth-order valence-corrected chi connectivity index (χ4v) is 6.31. The number of aliphatic hydroxyl groups is 1. The second-order valence-corrected chi connectivity index (χ2v) is 9.15. The average molecular weight is 371 g/mol. The zero-order chi connectivity index (χ0) is 19.4. The van der Waals surface area contributed by atoms with E-state index in [1.54, 1.807) is 6.08 Å². The van der Waals surface area contributed by atoms with Crippen molar-refractivity contribution in [1.29, 1.82) is 0 Å². The molecule has 0 radical (unpaired) electrons. The Morgan fingerprint density at radius 3 is 2.56 bits per heavy atom. The molecule has 4 saturated carbocycles. The van der Waals surface area contributed by atoms with Gasteiger partial charge in [-0.15, -0.1) is 6.58 Å². The van der Waals surface area contributed by atoms with Crippen LogP contribution in [0, 0.1) is 31.1 Å². The predicted octanol–water partition coefficient (Wildman–Crippen LogP) is 3.35. The summed E-state index contributed by atoms with van der Waals surface area (Å²) in [5, 5.41) is 10.8. The number of Topliss-reactive ketones (excluding diaryl/α,β-unsaturated/α-hetero) is 1. The molecule has 4 aliphatic carbocycles. The Bertz CT molecular complexity index is 791. The van der Waals surface area contributed by atoms with Gasteiger partial charge in [0.1, 0.15) is 0 Å². The quantitative estimate of drug-likeness (QED) is 0.473. The number of ether oxygens (including phenoxy) is 1. The van der Waals surface area contributed by atoms with Crippen LogP contribution in [0.2, 0.25) is 0 Å². The number of aryl methyl sites for hydroxylation is 1. The maximum Gasteiger partial charge on any atom is 0.312 e. The molecule has 0 saturated heterocycles. The molecule has 1 aromatic heterocycles. The lowest BCUT2D eigenvalue weighted by Crippen LogP contribution is -2.58.